The van der Waals surface area contributed by atoms with E-state index >= 15 is 0 Å². The maximum Gasteiger partial charge on any atom is 0.248 e. The van der Waals surface area contributed by atoms with Crippen LogP contribution < -0.4 is 10.1 Å². The van der Waals surface area contributed by atoms with Crippen LogP contribution in [0.4, 0.5) is 5.69 Å². The maximum atomic E-state index is 12.2. The lowest BCUT2D eigenvalue weighted by Crippen LogP contribution is -2.07. The first-order chi connectivity index (χ1) is 15.9. The molecule has 0 aliphatic carbocycles. The van der Waals surface area contributed by atoms with Gasteiger partial charge in [-0.05, 0) is 68.3 Å². The number of hydrogen-bond acceptors (Lipinski definition) is 5. The Morgan fingerprint density at radius 1 is 1.06 bits per heavy atom. The van der Waals surface area contributed by atoms with Crippen molar-refractivity contribution < 1.29 is 9.53 Å². The van der Waals surface area contributed by atoms with E-state index in [1.165, 1.54) is 12.4 Å². The standard InChI is InChI=1S/C25H22ClN5O2/c1-16-17(2)30-31(18(16)3)23-14-25(28-15-27-23)33-21-11-9-20(10-12-21)29-24(32)13-8-19-6-4-5-7-22(19)26/h4-15H,1-3H3,(H,29,32)/b13-8+. The van der Waals surface area contributed by atoms with Crippen molar-refractivity contribution in [1.29, 1.82) is 0 Å². The lowest BCUT2D eigenvalue weighted by atomic mass is 10.2. The summed E-state index contributed by atoms with van der Waals surface area (Å²) in [6.07, 6.45) is 4.55. The van der Waals surface area contributed by atoms with Crippen LogP contribution in [0.1, 0.15) is 22.5 Å². The first-order valence-corrected chi connectivity index (χ1v) is 10.7. The predicted octanol–water partition coefficient (Wildman–Crippen LogP) is 5.69. The third kappa shape index (κ3) is 5.27. The van der Waals surface area contributed by atoms with Gasteiger partial charge in [0.2, 0.25) is 11.8 Å². The Labute approximate surface area is 196 Å². The fourth-order valence-electron chi connectivity index (χ4n) is 3.13. The molecule has 0 saturated carbocycles. The van der Waals surface area contributed by atoms with Crippen molar-refractivity contribution in [1.82, 2.24) is 19.7 Å². The second-order valence-corrected chi connectivity index (χ2v) is 7.80. The van der Waals surface area contributed by atoms with Crippen molar-refractivity contribution in [2.45, 2.75) is 20.8 Å². The van der Waals surface area contributed by atoms with Crippen LogP contribution in [-0.4, -0.2) is 25.7 Å². The smallest absolute Gasteiger partial charge is 0.248 e. The molecule has 4 rings (SSSR count). The Kier molecular flexibility index (Phi) is 6.51. The predicted molar refractivity (Wildman–Crippen MR) is 129 cm³/mol. The quantitative estimate of drug-likeness (QED) is 0.375. The summed E-state index contributed by atoms with van der Waals surface area (Å²) in [5.74, 6) is 1.34. The van der Waals surface area contributed by atoms with Crippen molar-refractivity contribution in [3.05, 3.63) is 94.5 Å². The monoisotopic (exact) mass is 459 g/mol. The summed E-state index contributed by atoms with van der Waals surface area (Å²) >= 11 is 6.10. The van der Waals surface area contributed by atoms with Gasteiger partial charge < -0.3 is 10.1 Å². The van der Waals surface area contributed by atoms with Crippen LogP contribution in [0.3, 0.4) is 0 Å². The SMILES string of the molecule is Cc1nn(-c2cc(Oc3ccc(NC(=O)/C=C/c4ccccc4Cl)cc3)ncn2)c(C)c1C. The summed E-state index contributed by atoms with van der Waals surface area (Å²) in [7, 11) is 0. The molecule has 0 bridgehead atoms. The molecule has 7 nitrogen and oxygen atoms in total. The molecule has 2 aromatic heterocycles. The zero-order chi connectivity index (χ0) is 23.4. The lowest BCUT2D eigenvalue weighted by Gasteiger charge is -2.08. The number of hydrogen-bond donors (Lipinski definition) is 1. The Balaban J connectivity index is 1.41. The van der Waals surface area contributed by atoms with Crippen LogP contribution in [-0.2, 0) is 4.79 Å². The molecule has 0 fully saturated rings. The number of rotatable bonds is 6. The van der Waals surface area contributed by atoms with Gasteiger partial charge in [0.05, 0.1) is 5.69 Å². The minimum atomic E-state index is -0.260. The highest BCUT2D eigenvalue weighted by Gasteiger charge is 2.11. The summed E-state index contributed by atoms with van der Waals surface area (Å²) in [6.45, 7) is 5.98. The molecule has 33 heavy (non-hydrogen) atoms. The number of nitrogens with one attached hydrogen (secondary N) is 1. The number of benzene rings is 2. The fourth-order valence-corrected chi connectivity index (χ4v) is 3.33. The third-order valence-corrected chi connectivity index (χ3v) is 5.51. The highest BCUT2D eigenvalue weighted by molar-refractivity contribution is 6.32. The highest BCUT2D eigenvalue weighted by atomic mass is 35.5. The van der Waals surface area contributed by atoms with Gasteiger partial charge in [-0.15, -0.1) is 0 Å². The molecule has 1 amide bonds. The largest absolute Gasteiger partial charge is 0.439 e. The summed E-state index contributed by atoms with van der Waals surface area (Å²) < 4.78 is 7.63. The van der Waals surface area contributed by atoms with E-state index in [4.69, 9.17) is 16.3 Å². The van der Waals surface area contributed by atoms with Gasteiger partial charge in [0.15, 0.2) is 5.82 Å². The molecule has 0 aliphatic heterocycles. The van der Waals surface area contributed by atoms with Crippen molar-refractivity contribution in [3.63, 3.8) is 0 Å². The van der Waals surface area contributed by atoms with E-state index in [9.17, 15) is 4.79 Å². The van der Waals surface area contributed by atoms with Gasteiger partial charge >= 0.3 is 0 Å². The van der Waals surface area contributed by atoms with Crippen LogP contribution in [0.5, 0.6) is 11.6 Å². The average Bonchev–Trinajstić information content (AvgIpc) is 3.07. The number of carbonyl (C=O) groups is 1. The second-order valence-electron chi connectivity index (χ2n) is 7.39. The first kappa shape index (κ1) is 22.2. The number of nitrogens with zero attached hydrogens (tertiary/aromatic N) is 4. The van der Waals surface area contributed by atoms with E-state index < -0.39 is 0 Å². The molecule has 4 aromatic rings. The molecule has 0 spiro atoms. The molecule has 0 unspecified atom stereocenters. The van der Waals surface area contributed by atoms with E-state index in [1.807, 2.05) is 39.0 Å². The minimum Gasteiger partial charge on any atom is -0.439 e. The average molecular weight is 460 g/mol. The molecule has 0 saturated heterocycles. The Morgan fingerprint density at radius 3 is 2.52 bits per heavy atom. The molecule has 8 heteroatoms. The van der Waals surface area contributed by atoms with Gasteiger partial charge in [0.25, 0.3) is 0 Å². The molecular formula is C25H22ClN5O2. The molecule has 0 aliphatic rings. The van der Waals surface area contributed by atoms with Crippen molar-refractivity contribution in [2.24, 2.45) is 0 Å². The highest BCUT2D eigenvalue weighted by Crippen LogP contribution is 2.24. The number of aromatic nitrogens is 4. The summed E-state index contributed by atoms with van der Waals surface area (Å²) in [5, 5.41) is 7.92. The zero-order valence-corrected chi connectivity index (χ0v) is 19.2. The number of ether oxygens (including phenoxy) is 1. The number of amides is 1. The van der Waals surface area contributed by atoms with Crippen molar-refractivity contribution in [2.75, 3.05) is 5.32 Å². The fraction of sp³-hybridized carbons (Fsp3) is 0.120. The third-order valence-electron chi connectivity index (χ3n) is 5.16. The van der Waals surface area contributed by atoms with Gasteiger partial charge in [0, 0.05) is 28.5 Å². The van der Waals surface area contributed by atoms with Crippen LogP contribution in [0.2, 0.25) is 5.02 Å². The van der Waals surface area contributed by atoms with E-state index in [-0.39, 0.29) is 5.91 Å². The number of aryl methyl sites for hydroxylation is 1. The van der Waals surface area contributed by atoms with Gasteiger partial charge in [-0.2, -0.15) is 5.10 Å². The summed E-state index contributed by atoms with van der Waals surface area (Å²) in [5.41, 5.74) is 4.50. The van der Waals surface area contributed by atoms with Crippen LogP contribution in [0.25, 0.3) is 11.9 Å². The minimum absolute atomic E-state index is 0.260. The summed E-state index contributed by atoms with van der Waals surface area (Å²) in [4.78, 5) is 20.7. The molecular weight excluding hydrogens is 438 g/mol. The van der Waals surface area contributed by atoms with E-state index in [1.54, 1.807) is 47.2 Å². The zero-order valence-electron chi connectivity index (χ0n) is 18.4. The van der Waals surface area contributed by atoms with Gasteiger partial charge in [-0.1, -0.05) is 29.8 Å². The van der Waals surface area contributed by atoms with Gasteiger partial charge in [-0.3, -0.25) is 4.79 Å². The lowest BCUT2D eigenvalue weighted by molar-refractivity contribution is -0.111. The van der Waals surface area contributed by atoms with Crippen LogP contribution in [0, 0.1) is 20.8 Å². The molecule has 0 atom stereocenters. The molecule has 2 heterocycles. The topological polar surface area (TPSA) is 81.9 Å². The van der Waals surface area contributed by atoms with Crippen LogP contribution >= 0.6 is 11.6 Å². The molecule has 0 radical (unpaired) electrons. The van der Waals surface area contributed by atoms with E-state index in [0.717, 1.165) is 22.5 Å². The number of anilines is 1. The normalized spacial score (nSPS) is 11.0. The first-order valence-electron chi connectivity index (χ1n) is 10.3. The number of halogens is 1. The Bertz CT molecular complexity index is 1330. The van der Waals surface area contributed by atoms with Gasteiger partial charge in [0.1, 0.15) is 12.1 Å². The Hall–Kier alpha value is -3.97. The maximum absolute atomic E-state index is 12.2. The molecule has 166 valence electrons. The second kappa shape index (κ2) is 9.67. The summed E-state index contributed by atoms with van der Waals surface area (Å²) in [6, 6.07) is 16.1. The van der Waals surface area contributed by atoms with E-state index in [2.05, 4.69) is 20.4 Å². The molecule has 2 aromatic carbocycles. The Morgan fingerprint density at radius 2 is 1.82 bits per heavy atom. The van der Waals surface area contributed by atoms with Gasteiger partial charge in [-0.25, -0.2) is 14.6 Å². The van der Waals surface area contributed by atoms with Crippen LogP contribution in [0.15, 0.2) is 67.0 Å². The molecule has 1 N–H and O–H groups in total. The van der Waals surface area contributed by atoms with Crippen molar-refractivity contribution >= 4 is 29.3 Å². The number of carbonyl (C=O) groups excluding carboxylic acids is 1. The van der Waals surface area contributed by atoms with E-state index in [0.29, 0.717) is 28.2 Å². The van der Waals surface area contributed by atoms with Crippen molar-refractivity contribution in [3.8, 4) is 17.4 Å².